The fourth-order valence-corrected chi connectivity index (χ4v) is 2.71. The van der Waals surface area contributed by atoms with Crippen molar-refractivity contribution in [1.82, 2.24) is 4.72 Å². The van der Waals surface area contributed by atoms with E-state index in [4.69, 9.17) is 11.5 Å². The predicted octanol–water partition coefficient (Wildman–Crippen LogP) is 0.846. The molecular weight excluding hydrogens is 290 g/mol. The first-order valence-electron chi connectivity index (χ1n) is 6.14. The molecule has 0 saturated heterocycles. The molecule has 0 atom stereocenters. The van der Waals surface area contributed by atoms with Crippen molar-refractivity contribution >= 4 is 21.6 Å². The van der Waals surface area contributed by atoms with Crippen LogP contribution in [0.2, 0.25) is 0 Å². The Morgan fingerprint density at radius 1 is 1.05 bits per heavy atom. The van der Waals surface area contributed by atoms with Gasteiger partial charge in [0.2, 0.25) is 0 Å². The van der Waals surface area contributed by atoms with E-state index in [1.54, 1.807) is 24.3 Å². The summed E-state index contributed by atoms with van der Waals surface area (Å²) in [5.74, 6) is -0.768. The van der Waals surface area contributed by atoms with Crippen LogP contribution in [0.25, 0.3) is 0 Å². The molecule has 0 unspecified atom stereocenters. The average Bonchev–Trinajstić information content (AvgIpc) is 2.47. The molecule has 0 radical (unpaired) electrons. The zero-order chi connectivity index (χ0) is 15.5. The second-order valence-corrected chi connectivity index (χ2v) is 6.05. The third kappa shape index (κ3) is 3.39. The maximum Gasteiger partial charge on any atom is 0.267 e. The van der Waals surface area contributed by atoms with Gasteiger partial charge in [-0.2, -0.15) is 0 Å². The van der Waals surface area contributed by atoms with Gasteiger partial charge in [-0.1, -0.05) is 24.3 Å². The lowest BCUT2D eigenvalue weighted by atomic mass is 10.2. The highest BCUT2D eigenvalue weighted by molar-refractivity contribution is 7.90. The number of rotatable bonds is 4. The minimum atomic E-state index is -3.95. The van der Waals surface area contributed by atoms with Crippen LogP contribution in [0.5, 0.6) is 0 Å². The van der Waals surface area contributed by atoms with Crippen molar-refractivity contribution in [2.24, 2.45) is 5.73 Å². The Balaban J connectivity index is 2.24. The molecule has 0 spiro atoms. The second-order valence-electron chi connectivity index (χ2n) is 4.37. The largest absolute Gasteiger partial charge is 0.398 e. The van der Waals surface area contributed by atoms with E-state index in [-0.39, 0.29) is 16.1 Å². The van der Waals surface area contributed by atoms with Gasteiger partial charge >= 0.3 is 0 Å². The van der Waals surface area contributed by atoms with E-state index in [1.807, 2.05) is 4.72 Å². The lowest BCUT2D eigenvalue weighted by Crippen LogP contribution is -2.31. The number of para-hydroxylation sites is 1. The van der Waals surface area contributed by atoms with Crippen LogP contribution in [0.1, 0.15) is 15.9 Å². The molecule has 5 N–H and O–H groups in total. The fraction of sp³-hybridized carbons (Fsp3) is 0.0714. The molecule has 21 heavy (non-hydrogen) atoms. The van der Waals surface area contributed by atoms with Crippen molar-refractivity contribution in [3.8, 4) is 0 Å². The van der Waals surface area contributed by atoms with Gasteiger partial charge in [-0.05, 0) is 29.8 Å². The van der Waals surface area contributed by atoms with Crippen LogP contribution in [0.3, 0.4) is 0 Å². The predicted molar refractivity (Wildman–Crippen MR) is 79.8 cm³/mol. The number of carbonyl (C=O) groups excluding carboxylic acids is 1. The summed E-state index contributed by atoms with van der Waals surface area (Å²) < 4.78 is 26.2. The molecule has 2 rings (SSSR count). The Kier molecular flexibility index (Phi) is 4.25. The van der Waals surface area contributed by atoms with Crippen molar-refractivity contribution in [3.05, 3.63) is 59.7 Å². The number of sulfonamides is 1. The molecule has 0 saturated carbocycles. The van der Waals surface area contributed by atoms with Crippen LogP contribution in [-0.4, -0.2) is 14.3 Å². The Bertz CT molecular complexity index is 755. The van der Waals surface area contributed by atoms with Crippen molar-refractivity contribution in [2.45, 2.75) is 11.4 Å². The SMILES string of the molecule is NCc1ccc(S(=O)(=O)NC(=O)c2ccccc2N)cc1. The molecule has 0 aliphatic carbocycles. The lowest BCUT2D eigenvalue weighted by Gasteiger charge is -2.09. The van der Waals surface area contributed by atoms with Crippen LogP contribution in [0.15, 0.2) is 53.4 Å². The van der Waals surface area contributed by atoms with E-state index in [0.717, 1.165) is 5.56 Å². The standard InChI is InChI=1S/C14H15N3O3S/c15-9-10-5-7-11(8-6-10)21(19,20)17-14(18)12-3-1-2-4-13(12)16/h1-8H,9,15-16H2,(H,17,18). The number of amides is 1. The highest BCUT2D eigenvalue weighted by Gasteiger charge is 2.19. The van der Waals surface area contributed by atoms with E-state index in [2.05, 4.69) is 0 Å². The van der Waals surface area contributed by atoms with Gasteiger partial charge in [-0.15, -0.1) is 0 Å². The molecular formula is C14H15N3O3S. The quantitative estimate of drug-likeness (QED) is 0.724. The van der Waals surface area contributed by atoms with Gasteiger partial charge in [-0.3, -0.25) is 4.79 Å². The van der Waals surface area contributed by atoms with Crippen LogP contribution >= 0.6 is 0 Å². The molecule has 2 aromatic carbocycles. The fourth-order valence-electron chi connectivity index (χ4n) is 1.74. The molecule has 0 bridgehead atoms. The van der Waals surface area contributed by atoms with Crippen molar-refractivity contribution in [1.29, 1.82) is 0 Å². The van der Waals surface area contributed by atoms with E-state index in [9.17, 15) is 13.2 Å². The summed E-state index contributed by atoms with van der Waals surface area (Å²) in [7, 11) is -3.95. The number of nitrogens with two attached hydrogens (primary N) is 2. The third-order valence-corrected chi connectivity index (χ3v) is 4.25. The van der Waals surface area contributed by atoms with E-state index >= 15 is 0 Å². The topological polar surface area (TPSA) is 115 Å². The second kappa shape index (κ2) is 5.94. The molecule has 1 amide bonds. The van der Waals surface area contributed by atoms with Crippen LogP contribution in [-0.2, 0) is 16.6 Å². The van der Waals surface area contributed by atoms with Gasteiger partial charge < -0.3 is 11.5 Å². The zero-order valence-electron chi connectivity index (χ0n) is 11.1. The van der Waals surface area contributed by atoms with E-state index in [0.29, 0.717) is 6.54 Å². The summed E-state index contributed by atoms with van der Waals surface area (Å²) >= 11 is 0. The number of hydrogen-bond acceptors (Lipinski definition) is 5. The maximum absolute atomic E-state index is 12.1. The summed E-state index contributed by atoms with van der Waals surface area (Å²) in [6.07, 6.45) is 0. The minimum absolute atomic E-state index is 0.0115. The number of nitrogen functional groups attached to an aromatic ring is 1. The smallest absolute Gasteiger partial charge is 0.267 e. The molecule has 0 heterocycles. The van der Waals surface area contributed by atoms with Gasteiger partial charge in [0, 0.05) is 12.2 Å². The molecule has 6 nitrogen and oxygen atoms in total. The summed E-state index contributed by atoms with van der Waals surface area (Å²) in [5.41, 5.74) is 12.2. The van der Waals surface area contributed by atoms with Crippen molar-refractivity contribution in [2.75, 3.05) is 5.73 Å². The first-order chi connectivity index (χ1) is 9.94. The van der Waals surface area contributed by atoms with Gasteiger partial charge in [-0.25, -0.2) is 13.1 Å². The molecule has 0 aliphatic rings. The average molecular weight is 305 g/mol. The van der Waals surface area contributed by atoms with Crippen LogP contribution in [0.4, 0.5) is 5.69 Å². The molecule has 2 aromatic rings. The lowest BCUT2D eigenvalue weighted by molar-refractivity contribution is 0.0982. The van der Waals surface area contributed by atoms with Gasteiger partial charge in [0.15, 0.2) is 0 Å². The molecule has 0 aliphatic heterocycles. The first-order valence-corrected chi connectivity index (χ1v) is 7.63. The molecule has 110 valence electrons. The molecule has 7 heteroatoms. The van der Waals surface area contributed by atoms with Crippen LogP contribution in [0, 0.1) is 0 Å². The highest BCUT2D eigenvalue weighted by Crippen LogP contribution is 2.14. The highest BCUT2D eigenvalue weighted by atomic mass is 32.2. The number of carbonyl (C=O) groups is 1. The van der Waals surface area contributed by atoms with Gasteiger partial charge in [0.1, 0.15) is 0 Å². The van der Waals surface area contributed by atoms with Crippen LogP contribution < -0.4 is 16.2 Å². The third-order valence-electron chi connectivity index (χ3n) is 2.90. The summed E-state index contributed by atoms with van der Waals surface area (Å²) in [6.45, 7) is 0.313. The van der Waals surface area contributed by atoms with E-state index in [1.165, 1.54) is 24.3 Å². The summed E-state index contributed by atoms with van der Waals surface area (Å²) in [6, 6.07) is 12.2. The van der Waals surface area contributed by atoms with Crippen molar-refractivity contribution < 1.29 is 13.2 Å². The number of nitrogens with one attached hydrogen (secondary N) is 1. The van der Waals surface area contributed by atoms with Gasteiger partial charge in [0.05, 0.1) is 10.5 Å². The normalized spacial score (nSPS) is 11.1. The summed E-state index contributed by atoms with van der Waals surface area (Å²) in [4.78, 5) is 12.0. The minimum Gasteiger partial charge on any atom is -0.398 e. The number of benzene rings is 2. The first kappa shape index (κ1) is 15.0. The maximum atomic E-state index is 12.1. The Hall–Kier alpha value is -2.38. The Morgan fingerprint density at radius 3 is 2.24 bits per heavy atom. The number of hydrogen-bond donors (Lipinski definition) is 3. The molecule has 0 fully saturated rings. The molecule has 0 aromatic heterocycles. The zero-order valence-corrected chi connectivity index (χ0v) is 11.9. The number of anilines is 1. The Morgan fingerprint density at radius 2 is 1.67 bits per heavy atom. The van der Waals surface area contributed by atoms with E-state index < -0.39 is 15.9 Å². The Labute approximate surface area is 122 Å². The van der Waals surface area contributed by atoms with Gasteiger partial charge in [0.25, 0.3) is 15.9 Å². The monoisotopic (exact) mass is 305 g/mol. The summed E-state index contributed by atoms with van der Waals surface area (Å²) in [5, 5.41) is 0. The van der Waals surface area contributed by atoms with Crippen molar-refractivity contribution in [3.63, 3.8) is 0 Å².